The van der Waals surface area contributed by atoms with Gasteiger partial charge < -0.3 is 9.15 Å². The minimum atomic E-state index is -0.552. The van der Waals surface area contributed by atoms with Crippen molar-refractivity contribution in [1.29, 1.82) is 0 Å². The van der Waals surface area contributed by atoms with Crippen LogP contribution in [0.2, 0.25) is 5.02 Å². The Hall–Kier alpha value is -3.38. The van der Waals surface area contributed by atoms with E-state index in [1.807, 2.05) is 19.9 Å². The Bertz CT molecular complexity index is 1220. The highest BCUT2D eigenvalue weighted by atomic mass is 35.5. The molecule has 7 heteroatoms. The molecule has 0 aliphatic heterocycles. The standard InChI is InChI=1S/C25H23ClN2O4/c1-14-10-15(2)12-19(11-14)31-25(30)23-16(3)22-20(8-5-9-21(22)32-23)27-28-24(29)17-6-4-7-18(26)13-17/h4,6-7,10-13H,5,8-9H2,1-3H3,(H,28,29)/b27-20+. The summed E-state index contributed by atoms with van der Waals surface area (Å²) in [6.07, 6.45) is 2.15. The molecule has 32 heavy (non-hydrogen) atoms. The molecule has 1 N–H and O–H groups in total. The van der Waals surface area contributed by atoms with E-state index in [1.165, 1.54) is 0 Å². The number of furan rings is 1. The quantitative estimate of drug-likeness (QED) is 0.321. The van der Waals surface area contributed by atoms with Crippen molar-refractivity contribution < 1.29 is 18.7 Å². The van der Waals surface area contributed by atoms with Crippen molar-refractivity contribution in [1.82, 2.24) is 5.43 Å². The zero-order valence-corrected chi connectivity index (χ0v) is 18.9. The van der Waals surface area contributed by atoms with Gasteiger partial charge in [-0.2, -0.15) is 5.10 Å². The molecular formula is C25H23ClN2O4. The number of hydrogen-bond donors (Lipinski definition) is 1. The first-order valence-corrected chi connectivity index (χ1v) is 10.7. The van der Waals surface area contributed by atoms with E-state index in [4.69, 9.17) is 20.8 Å². The number of nitrogens with one attached hydrogen (secondary N) is 1. The summed E-state index contributed by atoms with van der Waals surface area (Å²) < 4.78 is 11.5. The molecule has 6 nitrogen and oxygen atoms in total. The average molecular weight is 451 g/mol. The minimum absolute atomic E-state index is 0.157. The Morgan fingerprint density at radius 1 is 1.06 bits per heavy atom. The number of aryl methyl sites for hydroxylation is 3. The lowest BCUT2D eigenvalue weighted by molar-refractivity contribution is 0.0698. The van der Waals surface area contributed by atoms with Crippen LogP contribution >= 0.6 is 11.6 Å². The summed E-state index contributed by atoms with van der Waals surface area (Å²) >= 11 is 5.96. The second kappa shape index (κ2) is 9.01. The Kier molecular flexibility index (Phi) is 6.15. The molecule has 0 saturated carbocycles. The van der Waals surface area contributed by atoms with Gasteiger partial charge in [-0.25, -0.2) is 10.2 Å². The van der Waals surface area contributed by atoms with Crippen LogP contribution in [0.3, 0.4) is 0 Å². The predicted octanol–water partition coefficient (Wildman–Crippen LogP) is 5.55. The van der Waals surface area contributed by atoms with Gasteiger partial charge in [-0.3, -0.25) is 4.79 Å². The van der Waals surface area contributed by atoms with Gasteiger partial charge in [-0.15, -0.1) is 0 Å². The maximum atomic E-state index is 12.8. The van der Waals surface area contributed by atoms with E-state index in [2.05, 4.69) is 10.5 Å². The van der Waals surface area contributed by atoms with Crippen molar-refractivity contribution >= 4 is 29.2 Å². The van der Waals surface area contributed by atoms with Crippen molar-refractivity contribution in [3.63, 3.8) is 0 Å². The number of amides is 1. The van der Waals surface area contributed by atoms with Crippen molar-refractivity contribution in [3.05, 3.63) is 86.8 Å². The molecule has 4 rings (SSSR count). The number of hydrogen-bond acceptors (Lipinski definition) is 5. The molecule has 0 fully saturated rings. The summed E-state index contributed by atoms with van der Waals surface area (Å²) in [5.41, 5.74) is 7.11. The van der Waals surface area contributed by atoms with Crippen LogP contribution in [0.15, 0.2) is 52.0 Å². The Balaban J connectivity index is 1.57. The van der Waals surface area contributed by atoms with E-state index in [-0.39, 0.29) is 11.7 Å². The highest BCUT2D eigenvalue weighted by molar-refractivity contribution is 6.31. The molecule has 1 aliphatic rings. The van der Waals surface area contributed by atoms with E-state index in [9.17, 15) is 9.59 Å². The van der Waals surface area contributed by atoms with Gasteiger partial charge in [0.25, 0.3) is 5.91 Å². The fourth-order valence-electron chi connectivity index (χ4n) is 3.93. The molecule has 1 aromatic heterocycles. The van der Waals surface area contributed by atoms with E-state index in [1.54, 1.807) is 43.3 Å². The number of carbonyl (C=O) groups is 2. The van der Waals surface area contributed by atoms with Crippen LogP contribution in [-0.2, 0) is 6.42 Å². The number of hydrazone groups is 1. The zero-order chi connectivity index (χ0) is 22.8. The molecule has 1 aliphatic carbocycles. The topological polar surface area (TPSA) is 80.9 Å². The summed E-state index contributed by atoms with van der Waals surface area (Å²) in [5.74, 6) is 0.401. The normalized spacial score (nSPS) is 14.2. The van der Waals surface area contributed by atoms with Gasteiger partial charge >= 0.3 is 5.97 Å². The van der Waals surface area contributed by atoms with Gasteiger partial charge in [0.2, 0.25) is 5.76 Å². The molecule has 1 amide bonds. The predicted molar refractivity (Wildman–Crippen MR) is 123 cm³/mol. The third kappa shape index (κ3) is 4.60. The number of fused-ring (bicyclic) bond motifs is 1. The second-order valence-electron chi connectivity index (χ2n) is 7.93. The third-order valence-electron chi connectivity index (χ3n) is 5.30. The van der Waals surface area contributed by atoms with Gasteiger partial charge in [0.15, 0.2) is 0 Å². The zero-order valence-electron chi connectivity index (χ0n) is 18.1. The molecule has 1 heterocycles. The number of esters is 1. The smallest absolute Gasteiger partial charge is 0.379 e. The first kappa shape index (κ1) is 21.8. The van der Waals surface area contributed by atoms with Crippen LogP contribution in [0.1, 0.15) is 61.8 Å². The summed E-state index contributed by atoms with van der Waals surface area (Å²) in [4.78, 5) is 25.3. The fourth-order valence-corrected chi connectivity index (χ4v) is 4.12. The highest BCUT2D eigenvalue weighted by Gasteiger charge is 2.29. The van der Waals surface area contributed by atoms with E-state index < -0.39 is 5.97 Å². The molecule has 164 valence electrons. The first-order chi connectivity index (χ1) is 15.3. The monoisotopic (exact) mass is 450 g/mol. The first-order valence-electron chi connectivity index (χ1n) is 10.4. The van der Waals surface area contributed by atoms with Gasteiger partial charge in [0.05, 0.1) is 5.71 Å². The van der Waals surface area contributed by atoms with Crippen LogP contribution in [-0.4, -0.2) is 17.6 Å². The molecule has 0 spiro atoms. The molecule has 3 aromatic rings. The number of nitrogens with zero attached hydrogens (tertiary/aromatic N) is 1. The lowest BCUT2D eigenvalue weighted by Gasteiger charge is -2.13. The number of halogens is 1. The largest absolute Gasteiger partial charge is 0.453 e. The van der Waals surface area contributed by atoms with Crippen molar-refractivity contribution in [2.45, 2.75) is 40.0 Å². The molecule has 0 unspecified atom stereocenters. The van der Waals surface area contributed by atoms with Crippen molar-refractivity contribution in [3.8, 4) is 5.75 Å². The average Bonchev–Trinajstić information content (AvgIpc) is 3.08. The van der Waals surface area contributed by atoms with Crippen LogP contribution in [0, 0.1) is 20.8 Å². The maximum absolute atomic E-state index is 12.8. The SMILES string of the molecule is Cc1cc(C)cc(OC(=O)c2oc3c(c2C)/C(=N/NC(=O)c2cccc(Cl)c2)CCC3)c1. The van der Waals surface area contributed by atoms with Gasteiger partial charge in [0.1, 0.15) is 11.5 Å². The molecule has 0 radical (unpaired) electrons. The van der Waals surface area contributed by atoms with Crippen molar-refractivity contribution in [2.75, 3.05) is 0 Å². The molecular weight excluding hydrogens is 428 g/mol. The summed E-state index contributed by atoms with van der Waals surface area (Å²) in [6, 6.07) is 12.3. The summed E-state index contributed by atoms with van der Waals surface area (Å²) in [6.45, 7) is 5.70. The van der Waals surface area contributed by atoms with Crippen LogP contribution in [0.4, 0.5) is 0 Å². The van der Waals surface area contributed by atoms with E-state index in [0.29, 0.717) is 46.2 Å². The Morgan fingerprint density at radius 3 is 2.53 bits per heavy atom. The minimum Gasteiger partial charge on any atom is -0.453 e. The van der Waals surface area contributed by atoms with Crippen LogP contribution < -0.4 is 10.2 Å². The van der Waals surface area contributed by atoms with Gasteiger partial charge in [0, 0.05) is 28.1 Å². The fraction of sp³-hybridized carbons (Fsp3) is 0.240. The van der Waals surface area contributed by atoms with Gasteiger partial charge in [-0.1, -0.05) is 23.7 Å². The molecule has 0 saturated heterocycles. The molecule has 0 bridgehead atoms. The molecule has 0 atom stereocenters. The Morgan fingerprint density at radius 2 is 1.81 bits per heavy atom. The van der Waals surface area contributed by atoms with E-state index in [0.717, 1.165) is 23.1 Å². The van der Waals surface area contributed by atoms with E-state index >= 15 is 0 Å². The second-order valence-corrected chi connectivity index (χ2v) is 8.37. The summed E-state index contributed by atoms with van der Waals surface area (Å²) in [7, 11) is 0. The number of rotatable bonds is 4. The maximum Gasteiger partial charge on any atom is 0.379 e. The highest BCUT2D eigenvalue weighted by Crippen LogP contribution is 2.31. The molecule has 2 aromatic carbocycles. The third-order valence-corrected chi connectivity index (χ3v) is 5.53. The van der Waals surface area contributed by atoms with Crippen molar-refractivity contribution in [2.24, 2.45) is 5.10 Å². The summed E-state index contributed by atoms with van der Waals surface area (Å²) in [5, 5.41) is 4.81. The number of benzene rings is 2. The number of ether oxygens (including phenoxy) is 1. The van der Waals surface area contributed by atoms with Crippen LogP contribution in [0.5, 0.6) is 5.75 Å². The lowest BCUT2D eigenvalue weighted by Crippen LogP contribution is -2.22. The Labute approximate surface area is 191 Å². The number of carbonyl (C=O) groups excluding carboxylic acids is 2. The van der Waals surface area contributed by atoms with Crippen LogP contribution in [0.25, 0.3) is 0 Å². The van der Waals surface area contributed by atoms with Gasteiger partial charge in [-0.05, 0) is 75.1 Å². The lowest BCUT2D eigenvalue weighted by atomic mass is 9.93.